The Bertz CT molecular complexity index is 893. The predicted molar refractivity (Wildman–Crippen MR) is 87.9 cm³/mol. The van der Waals surface area contributed by atoms with Crippen molar-refractivity contribution in [3.05, 3.63) is 60.6 Å². The number of pyridine rings is 2. The van der Waals surface area contributed by atoms with Crippen molar-refractivity contribution in [2.45, 2.75) is 13.8 Å². The quantitative estimate of drug-likeness (QED) is 0.566. The molecular formula is C18H14N4O2. The molecule has 0 atom stereocenters. The molecule has 4 aromatic heterocycles. The number of oxazole rings is 2. The fraction of sp³-hybridized carbons (Fsp3) is 0.111. The molecule has 6 heteroatoms. The minimum atomic E-state index is 0.364. The van der Waals surface area contributed by atoms with Crippen LogP contribution in [0.4, 0.5) is 0 Å². The highest BCUT2D eigenvalue weighted by atomic mass is 16.4. The van der Waals surface area contributed by atoms with Gasteiger partial charge in [-0.25, -0.2) is 9.97 Å². The van der Waals surface area contributed by atoms with E-state index in [1.54, 1.807) is 24.8 Å². The van der Waals surface area contributed by atoms with Gasteiger partial charge in [0.2, 0.25) is 0 Å². The molecule has 0 spiro atoms. The highest BCUT2D eigenvalue weighted by Crippen LogP contribution is 2.31. The summed E-state index contributed by atoms with van der Waals surface area (Å²) in [7, 11) is 0. The summed E-state index contributed by atoms with van der Waals surface area (Å²) >= 11 is 0. The lowest BCUT2D eigenvalue weighted by atomic mass is 10.2. The minimum Gasteiger partial charge on any atom is -0.437 e. The Morgan fingerprint density at radius 2 is 1.00 bits per heavy atom. The highest BCUT2D eigenvalue weighted by Gasteiger charge is 2.20. The Balaban J connectivity index is 1.76. The average molecular weight is 318 g/mol. The van der Waals surface area contributed by atoms with Crippen molar-refractivity contribution in [3.63, 3.8) is 0 Å². The van der Waals surface area contributed by atoms with E-state index in [9.17, 15) is 0 Å². The second-order valence-corrected chi connectivity index (χ2v) is 5.32. The topological polar surface area (TPSA) is 77.8 Å². The van der Waals surface area contributed by atoms with Crippen LogP contribution in [0.25, 0.3) is 34.3 Å². The van der Waals surface area contributed by atoms with Crippen LogP contribution < -0.4 is 0 Å². The van der Waals surface area contributed by atoms with E-state index in [1.165, 1.54) is 0 Å². The summed E-state index contributed by atoms with van der Waals surface area (Å²) in [5.74, 6) is 2.14. The van der Waals surface area contributed by atoms with Crippen molar-refractivity contribution in [2.24, 2.45) is 0 Å². The molecule has 118 valence electrons. The third-order valence-corrected chi connectivity index (χ3v) is 3.68. The molecule has 0 unspecified atom stereocenters. The number of nitrogens with zero attached hydrogens (tertiary/aromatic N) is 4. The summed E-state index contributed by atoms with van der Waals surface area (Å²) in [6.07, 6.45) is 6.89. The summed E-state index contributed by atoms with van der Waals surface area (Å²) in [5, 5.41) is 0. The standard InChI is InChI=1S/C18H14N4O2/c1-11-15(13-3-7-19-8-4-13)21-17(23-11)18-22-16(12(2)24-18)14-5-9-20-10-6-14/h3-10H,1-2H3. The number of aromatic nitrogens is 4. The fourth-order valence-corrected chi connectivity index (χ4v) is 2.53. The molecular weight excluding hydrogens is 304 g/mol. The zero-order valence-electron chi connectivity index (χ0n) is 13.2. The van der Waals surface area contributed by atoms with E-state index in [-0.39, 0.29) is 0 Å². The zero-order chi connectivity index (χ0) is 16.5. The van der Waals surface area contributed by atoms with Crippen LogP contribution in [0.1, 0.15) is 11.5 Å². The van der Waals surface area contributed by atoms with Gasteiger partial charge in [0.25, 0.3) is 11.8 Å². The van der Waals surface area contributed by atoms with Gasteiger partial charge >= 0.3 is 0 Å². The van der Waals surface area contributed by atoms with E-state index in [1.807, 2.05) is 38.1 Å². The number of hydrogen-bond acceptors (Lipinski definition) is 6. The molecule has 4 heterocycles. The van der Waals surface area contributed by atoms with Crippen LogP contribution in [-0.4, -0.2) is 19.9 Å². The van der Waals surface area contributed by atoms with Gasteiger partial charge in [-0.15, -0.1) is 0 Å². The van der Waals surface area contributed by atoms with Gasteiger partial charge in [0, 0.05) is 35.9 Å². The molecule has 0 aliphatic carbocycles. The van der Waals surface area contributed by atoms with E-state index in [4.69, 9.17) is 8.83 Å². The summed E-state index contributed by atoms with van der Waals surface area (Å²) in [6.45, 7) is 3.73. The maximum Gasteiger partial charge on any atom is 0.284 e. The molecule has 0 aliphatic heterocycles. The van der Waals surface area contributed by atoms with Gasteiger partial charge in [-0.2, -0.15) is 0 Å². The monoisotopic (exact) mass is 318 g/mol. The van der Waals surface area contributed by atoms with Crippen LogP contribution in [-0.2, 0) is 0 Å². The fourth-order valence-electron chi connectivity index (χ4n) is 2.53. The molecule has 0 fully saturated rings. The first-order valence-corrected chi connectivity index (χ1v) is 7.48. The van der Waals surface area contributed by atoms with Crippen molar-refractivity contribution in [2.75, 3.05) is 0 Å². The average Bonchev–Trinajstić information content (AvgIpc) is 3.19. The molecule has 0 bridgehead atoms. The van der Waals surface area contributed by atoms with Crippen LogP contribution in [0.2, 0.25) is 0 Å². The van der Waals surface area contributed by atoms with Gasteiger partial charge in [-0.05, 0) is 38.1 Å². The van der Waals surface area contributed by atoms with Gasteiger partial charge in [-0.3, -0.25) is 9.97 Å². The first kappa shape index (κ1) is 14.3. The number of rotatable bonds is 3. The largest absolute Gasteiger partial charge is 0.437 e. The van der Waals surface area contributed by atoms with Crippen molar-refractivity contribution in [1.82, 2.24) is 19.9 Å². The first-order valence-electron chi connectivity index (χ1n) is 7.48. The Morgan fingerprint density at radius 3 is 1.38 bits per heavy atom. The highest BCUT2D eigenvalue weighted by molar-refractivity contribution is 5.65. The Kier molecular flexibility index (Phi) is 3.42. The molecule has 4 rings (SSSR count). The maximum absolute atomic E-state index is 5.76. The lowest BCUT2D eigenvalue weighted by Gasteiger charge is -1.94. The van der Waals surface area contributed by atoms with Crippen LogP contribution in [0.3, 0.4) is 0 Å². The molecule has 0 aromatic carbocycles. The third kappa shape index (κ3) is 2.48. The number of hydrogen-bond donors (Lipinski definition) is 0. The van der Waals surface area contributed by atoms with Crippen molar-refractivity contribution in [1.29, 1.82) is 0 Å². The normalized spacial score (nSPS) is 10.9. The summed E-state index contributed by atoms with van der Waals surface area (Å²) in [4.78, 5) is 17.1. The lowest BCUT2D eigenvalue weighted by molar-refractivity contribution is 0.483. The SMILES string of the molecule is Cc1oc(-c2nc(-c3ccncc3)c(C)o2)nc1-c1ccncc1. The van der Waals surface area contributed by atoms with E-state index >= 15 is 0 Å². The number of aryl methyl sites for hydroxylation is 2. The Morgan fingerprint density at radius 1 is 0.625 bits per heavy atom. The van der Waals surface area contributed by atoms with Gasteiger partial charge < -0.3 is 8.83 Å². The van der Waals surface area contributed by atoms with Gasteiger partial charge in [0.15, 0.2) is 0 Å². The van der Waals surface area contributed by atoms with Crippen LogP contribution in [0.15, 0.2) is 57.9 Å². The lowest BCUT2D eigenvalue weighted by Crippen LogP contribution is -1.83. The molecule has 0 saturated heterocycles. The van der Waals surface area contributed by atoms with Crippen LogP contribution in [0, 0.1) is 13.8 Å². The summed E-state index contributed by atoms with van der Waals surface area (Å²) in [6, 6.07) is 7.55. The minimum absolute atomic E-state index is 0.364. The van der Waals surface area contributed by atoms with E-state index in [2.05, 4.69) is 19.9 Å². The van der Waals surface area contributed by atoms with Crippen molar-refractivity contribution < 1.29 is 8.83 Å². The van der Waals surface area contributed by atoms with E-state index < -0.39 is 0 Å². The third-order valence-electron chi connectivity index (χ3n) is 3.68. The maximum atomic E-state index is 5.76. The first-order chi connectivity index (χ1) is 11.7. The molecule has 0 saturated carbocycles. The predicted octanol–water partition coefficient (Wildman–Crippen LogP) is 4.07. The molecule has 0 amide bonds. The molecule has 24 heavy (non-hydrogen) atoms. The van der Waals surface area contributed by atoms with Gasteiger partial charge in [0.05, 0.1) is 0 Å². The summed E-state index contributed by atoms with van der Waals surface area (Å²) < 4.78 is 11.5. The van der Waals surface area contributed by atoms with E-state index in [0.29, 0.717) is 23.3 Å². The van der Waals surface area contributed by atoms with Gasteiger partial charge in [-0.1, -0.05) is 0 Å². The molecule has 0 N–H and O–H groups in total. The van der Waals surface area contributed by atoms with E-state index in [0.717, 1.165) is 22.5 Å². The van der Waals surface area contributed by atoms with Crippen molar-refractivity contribution >= 4 is 0 Å². The smallest absolute Gasteiger partial charge is 0.284 e. The molecule has 0 aliphatic rings. The Labute approximate surface area is 138 Å². The molecule has 4 aromatic rings. The van der Waals surface area contributed by atoms with Crippen molar-refractivity contribution in [3.8, 4) is 34.3 Å². The molecule has 0 radical (unpaired) electrons. The zero-order valence-corrected chi connectivity index (χ0v) is 13.2. The second kappa shape index (κ2) is 5.73. The van der Waals surface area contributed by atoms with Crippen LogP contribution >= 0.6 is 0 Å². The second-order valence-electron chi connectivity index (χ2n) is 5.32. The van der Waals surface area contributed by atoms with Gasteiger partial charge in [0.1, 0.15) is 22.9 Å². The molecule has 6 nitrogen and oxygen atoms in total. The summed E-state index contributed by atoms with van der Waals surface area (Å²) in [5.41, 5.74) is 3.40. The Hall–Kier alpha value is -3.28. The van der Waals surface area contributed by atoms with Crippen LogP contribution in [0.5, 0.6) is 0 Å².